The molecule has 328 valence electrons. The van der Waals surface area contributed by atoms with Gasteiger partial charge >= 0.3 is 18.0 Å². The van der Waals surface area contributed by atoms with E-state index in [2.05, 4.69) is 17.9 Å². The van der Waals surface area contributed by atoms with E-state index in [4.69, 9.17) is 14.2 Å². The molecule has 4 aliphatic rings. The van der Waals surface area contributed by atoms with Crippen LogP contribution in [0.1, 0.15) is 77.3 Å². The van der Waals surface area contributed by atoms with Crippen LogP contribution in [0.25, 0.3) is 0 Å². The van der Waals surface area contributed by atoms with Crippen molar-refractivity contribution in [1.29, 1.82) is 0 Å². The Morgan fingerprint density at radius 3 is 2.25 bits per heavy atom. The molecule has 6 atom stereocenters. The number of carboxylic acid groups (broad SMARTS) is 1. The Bertz CT molecular complexity index is 2770. The highest BCUT2D eigenvalue weighted by Crippen LogP contribution is 2.66. The second-order valence-corrected chi connectivity index (χ2v) is 16.3. The minimum atomic E-state index is -2.23. The number of carbonyl (C=O) groups excluding carboxylic acids is 3. The average Bonchev–Trinajstić information content (AvgIpc) is 3.79. The van der Waals surface area contributed by atoms with E-state index in [1.165, 1.54) is 24.3 Å². The molecule has 0 saturated carbocycles. The van der Waals surface area contributed by atoms with Crippen LogP contribution in [0.2, 0.25) is 0 Å². The van der Waals surface area contributed by atoms with Crippen molar-refractivity contribution in [2.75, 3.05) is 18.1 Å². The third kappa shape index (κ3) is 7.68. The number of morpholine rings is 1. The largest absolute Gasteiger partial charge is 0.491 e. The van der Waals surface area contributed by atoms with E-state index in [0.717, 1.165) is 36.2 Å². The molecule has 1 spiro atoms. The lowest BCUT2D eigenvalue weighted by Crippen LogP contribution is -2.53. The molecule has 14 heteroatoms. The maximum atomic E-state index is 16.1. The highest BCUT2D eigenvalue weighted by molar-refractivity contribution is 6.23. The van der Waals surface area contributed by atoms with E-state index in [9.17, 15) is 34.7 Å². The van der Waals surface area contributed by atoms with Crippen LogP contribution in [0.15, 0.2) is 139 Å². The van der Waals surface area contributed by atoms with Gasteiger partial charge < -0.3 is 24.4 Å². The number of rotatable bonds is 10. The lowest BCUT2D eigenvalue weighted by molar-refractivity contribution is -0.384. The molecule has 0 aromatic heterocycles. The first kappa shape index (κ1) is 42.7. The number of hydrogen-bond donors (Lipinski definition) is 2. The number of non-ortho nitro benzene ring substituents is 1. The number of nitro groups is 1. The Kier molecular flexibility index (Phi) is 11.7. The molecule has 2 fully saturated rings. The third-order valence-corrected chi connectivity index (χ3v) is 12.6. The number of cyclic esters (lactones) is 1. The summed E-state index contributed by atoms with van der Waals surface area (Å²) in [6.07, 6.45) is 3.72. The number of aliphatic hydroxyl groups is 1. The topological polar surface area (TPSA) is 186 Å². The molecule has 9 rings (SSSR count). The van der Waals surface area contributed by atoms with Gasteiger partial charge in [-0.15, -0.1) is 0 Å². The Hall–Kier alpha value is -7.60. The van der Waals surface area contributed by atoms with Gasteiger partial charge in [-0.1, -0.05) is 90.7 Å². The smallest absolute Gasteiger partial charge is 0.421 e. The molecule has 5 aromatic rings. The van der Waals surface area contributed by atoms with Crippen molar-refractivity contribution in [3.8, 4) is 17.6 Å². The Morgan fingerprint density at radius 1 is 0.846 bits per heavy atom. The molecular weight excluding hydrogens is 831 g/mol. The van der Waals surface area contributed by atoms with Crippen molar-refractivity contribution in [2.45, 2.75) is 61.9 Å². The van der Waals surface area contributed by atoms with Crippen LogP contribution in [0.3, 0.4) is 0 Å². The number of carboxylic acids is 1. The maximum Gasteiger partial charge on any atom is 0.421 e. The minimum absolute atomic E-state index is 0.0409. The van der Waals surface area contributed by atoms with Crippen LogP contribution in [0, 0.1) is 27.9 Å². The molecule has 3 aliphatic heterocycles. The van der Waals surface area contributed by atoms with Gasteiger partial charge in [-0.25, -0.2) is 9.69 Å². The van der Waals surface area contributed by atoms with Gasteiger partial charge in [0.2, 0.25) is 5.91 Å². The second-order valence-electron chi connectivity index (χ2n) is 16.3. The summed E-state index contributed by atoms with van der Waals surface area (Å²) in [5.74, 6) is 1.63. The summed E-state index contributed by atoms with van der Waals surface area (Å²) in [6.45, 7) is -0.738. The fourth-order valence-electron chi connectivity index (χ4n) is 9.91. The molecule has 0 unspecified atom stereocenters. The predicted molar refractivity (Wildman–Crippen MR) is 235 cm³/mol. The monoisotopic (exact) mass is 873 g/mol. The number of benzene rings is 5. The van der Waals surface area contributed by atoms with Gasteiger partial charge in [-0.3, -0.25) is 29.4 Å². The van der Waals surface area contributed by atoms with Gasteiger partial charge in [0.05, 0.1) is 29.3 Å². The summed E-state index contributed by atoms with van der Waals surface area (Å²) in [7, 11) is 0. The van der Waals surface area contributed by atoms with E-state index in [0.29, 0.717) is 33.6 Å². The second kappa shape index (κ2) is 17.9. The highest BCUT2D eigenvalue weighted by atomic mass is 16.6. The number of fused-ring (bicyclic) bond motifs is 3. The molecule has 65 heavy (non-hydrogen) atoms. The fraction of sp³-hybridized carbons (Fsp3) is 0.255. The number of imide groups is 1. The summed E-state index contributed by atoms with van der Waals surface area (Å²) >= 11 is 0. The number of allylic oxidation sites excluding steroid dienone is 2. The first-order chi connectivity index (χ1) is 31.6. The Morgan fingerprint density at radius 2 is 1.57 bits per heavy atom. The number of aliphatic carboxylic acids is 1. The van der Waals surface area contributed by atoms with Gasteiger partial charge in [0, 0.05) is 17.7 Å². The van der Waals surface area contributed by atoms with E-state index < -0.39 is 64.4 Å². The van der Waals surface area contributed by atoms with Crippen molar-refractivity contribution in [3.05, 3.63) is 183 Å². The highest BCUT2D eigenvalue weighted by Gasteiger charge is 2.76. The lowest BCUT2D eigenvalue weighted by atomic mass is 9.65. The number of ether oxygens (including phenoxy) is 3. The molecule has 0 radical (unpaired) electrons. The summed E-state index contributed by atoms with van der Waals surface area (Å²) in [6, 6.07) is 31.5. The summed E-state index contributed by atoms with van der Waals surface area (Å²) < 4.78 is 18.0. The third-order valence-electron chi connectivity index (χ3n) is 12.6. The van der Waals surface area contributed by atoms with Gasteiger partial charge in [0.25, 0.3) is 5.69 Å². The van der Waals surface area contributed by atoms with Crippen LogP contribution in [-0.4, -0.2) is 63.2 Å². The number of esters is 1. The van der Waals surface area contributed by atoms with E-state index >= 15 is 4.79 Å². The fourth-order valence-corrected chi connectivity index (χ4v) is 9.91. The number of carbonyl (C=O) groups is 4. The van der Waals surface area contributed by atoms with Crippen molar-refractivity contribution in [2.24, 2.45) is 5.92 Å². The first-order valence-corrected chi connectivity index (χ1v) is 21.4. The Balaban J connectivity index is 1.29. The molecule has 2 amide bonds. The molecule has 1 aliphatic carbocycles. The first-order valence-electron chi connectivity index (χ1n) is 21.4. The number of amides is 2. The lowest BCUT2D eigenvalue weighted by Gasteiger charge is -2.46. The van der Waals surface area contributed by atoms with E-state index in [-0.39, 0.29) is 36.8 Å². The van der Waals surface area contributed by atoms with E-state index in [1.54, 1.807) is 47.4 Å². The molecule has 2 N–H and O–H groups in total. The van der Waals surface area contributed by atoms with Crippen LogP contribution in [-0.2, 0) is 35.9 Å². The zero-order valence-electron chi connectivity index (χ0n) is 34.9. The van der Waals surface area contributed by atoms with Crippen LogP contribution in [0.4, 0.5) is 16.2 Å². The van der Waals surface area contributed by atoms with Gasteiger partial charge in [0.15, 0.2) is 0 Å². The summed E-state index contributed by atoms with van der Waals surface area (Å²) in [4.78, 5) is 73.2. The van der Waals surface area contributed by atoms with Crippen LogP contribution in [0.5, 0.6) is 5.75 Å². The van der Waals surface area contributed by atoms with Gasteiger partial charge in [0.1, 0.15) is 42.4 Å². The van der Waals surface area contributed by atoms with Gasteiger partial charge in [-0.2, -0.15) is 0 Å². The van der Waals surface area contributed by atoms with E-state index in [1.807, 2.05) is 60.7 Å². The van der Waals surface area contributed by atoms with Crippen molar-refractivity contribution in [1.82, 2.24) is 4.90 Å². The zero-order chi connectivity index (χ0) is 45.2. The van der Waals surface area contributed by atoms with Crippen molar-refractivity contribution in [3.63, 3.8) is 0 Å². The van der Waals surface area contributed by atoms with Crippen LogP contribution >= 0.6 is 0 Å². The quantitative estimate of drug-likeness (QED) is 0.0599. The molecule has 5 aromatic carbocycles. The zero-order valence-corrected chi connectivity index (χ0v) is 34.9. The molecule has 3 heterocycles. The number of nitrogens with zero attached hydrogens (tertiary/aromatic N) is 3. The predicted octanol–water partition coefficient (Wildman–Crippen LogP) is 7.90. The van der Waals surface area contributed by atoms with Gasteiger partial charge in [-0.05, 0) is 102 Å². The van der Waals surface area contributed by atoms with Crippen LogP contribution < -0.4 is 9.64 Å². The number of nitro benzene ring substituents is 1. The minimum Gasteiger partial charge on any atom is -0.491 e. The Labute approximate surface area is 373 Å². The number of anilines is 1. The molecule has 2 saturated heterocycles. The molecule has 14 nitrogen and oxygen atoms in total. The number of hydrogen-bond acceptors (Lipinski definition) is 11. The summed E-state index contributed by atoms with van der Waals surface area (Å²) in [5.41, 5.74) is 1.27. The molecular formula is C51H43N3O11. The summed E-state index contributed by atoms with van der Waals surface area (Å²) in [5, 5.41) is 32.7. The normalized spacial score (nSPS) is 23.4. The average molecular weight is 874 g/mol. The molecule has 0 bridgehead atoms. The van der Waals surface area contributed by atoms with Crippen molar-refractivity contribution < 1.29 is 48.5 Å². The van der Waals surface area contributed by atoms with Crippen molar-refractivity contribution >= 4 is 35.3 Å². The standard InChI is InChI=1S/C51H43N3O11/c55-27-28-63-39-18-10-17-37(30-39)46-51(42(47(56)57)44-48(58)65-45(36-15-8-3-9-16-36)43(53(44)46)35-13-6-2-7-14-35)40-29-33(20-19-32-11-4-1-5-12-32)23-26-41(40)52(49(51)59)50(60)64-31-34-21-24-38(25-22-34)54(61)62/h2-3,6-11,13-18,21-26,29-30,42-46,55H,1,4-5,12,27-28,31H2,(H,56,57)/t42-,43-,44-,45+,46+,51-/m0/s1. The SMILES string of the molecule is O=C1O[C@H](c2ccccc2)[C@H](c2ccccc2)N2[C@H]1[C@@H](C(=O)O)[C@]1(C(=O)N(C(=O)OCc3ccc([N+](=O)[O-])cc3)c3ccc(C#CC4=CCCCC4)cc31)[C@H]2c1cccc(OCCO)c1. The number of aliphatic hydroxyl groups excluding tert-OH is 1. The maximum absolute atomic E-state index is 16.1.